The van der Waals surface area contributed by atoms with Crippen LogP contribution in [0.4, 0.5) is 0 Å². The van der Waals surface area contributed by atoms with Gasteiger partial charge in [-0.25, -0.2) is 0 Å². The van der Waals surface area contributed by atoms with E-state index in [-0.39, 0.29) is 13.1 Å². The van der Waals surface area contributed by atoms with Gasteiger partial charge < -0.3 is 10.2 Å². The summed E-state index contributed by atoms with van der Waals surface area (Å²) in [7, 11) is 0. The predicted molar refractivity (Wildman–Crippen MR) is 64.2 cm³/mol. The van der Waals surface area contributed by atoms with Gasteiger partial charge in [-0.15, -0.1) is 0 Å². The van der Waals surface area contributed by atoms with E-state index in [9.17, 15) is 9.59 Å². The van der Waals surface area contributed by atoms with Gasteiger partial charge in [0.1, 0.15) is 0 Å². The van der Waals surface area contributed by atoms with Crippen LogP contribution in [-0.2, 0) is 16.1 Å². The van der Waals surface area contributed by atoms with Gasteiger partial charge in [0, 0.05) is 19.6 Å². The maximum atomic E-state index is 11.0. The Hall–Kier alpha value is -1.88. The van der Waals surface area contributed by atoms with Gasteiger partial charge in [-0.3, -0.25) is 14.5 Å². The fourth-order valence-corrected chi connectivity index (χ4v) is 2.14. The van der Waals surface area contributed by atoms with E-state index in [1.165, 1.54) is 0 Å². The van der Waals surface area contributed by atoms with Gasteiger partial charge in [0.15, 0.2) is 5.41 Å². The van der Waals surface area contributed by atoms with E-state index in [2.05, 4.69) is 0 Å². The maximum absolute atomic E-state index is 11.0. The third-order valence-electron chi connectivity index (χ3n) is 3.33. The molecule has 1 aliphatic heterocycles. The first kappa shape index (κ1) is 12.6. The number of carboxylic acid groups (broad SMARTS) is 2. The van der Waals surface area contributed by atoms with Gasteiger partial charge in [0.25, 0.3) is 0 Å². The smallest absolute Gasteiger partial charge is 0.323 e. The Bertz CT molecular complexity index is 458. The van der Waals surface area contributed by atoms with E-state index in [0.717, 1.165) is 11.1 Å². The number of carbonyl (C=O) groups is 2. The van der Waals surface area contributed by atoms with Crippen LogP contribution in [0.25, 0.3) is 0 Å². The van der Waals surface area contributed by atoms with Gasteiger partial charge in [-0.1, -0.05) is 29.8 Å². The van der Waals surface area contributed by atoms with Crippen molar-refractivity contribution in [1.82, 2.24) is 4.90 Å². The molecule has 1 fully saturated rings. The molecule has 5 nitrogen and oxygen atoms in total. The molecule has 1 aliphatic rings. The molecule has 1 heterocycles. The van der Waals surface area contributed by atoms with Crippen LogP contribution in [0.2, 0.25) is 0 Å². The van der Waals surface area contributed by atoms with Crippen LogP contribution in [0, 0.1) is 12.3 Å². The molecule has 96 valence electrons. The van der Waals surface area contributed by atoms with Crippen LogP contribution >= 0.6 is 0 Å². The second kappa shape index (κ2) is 4.42. The van der Waals surface area contributed by atoms with Crippen LogP contribution in [0.15, 0.2) is 24.3 Å². The molecular weight excluding hydrogens is 234 g/mol. The summed E-state index contributed by atoms with van der Waals surface area (Å²) in [5.41, 5.74) is 0.600. The highest BCUT2D eigenvalue weighted by Gasteiger charge is 2.56. The van der Waals surface area contributed by atoms with Crippen molar-refractivity contribution in [2.45, 2.75) is 13.5 Å². The van der Waals surface area contributed by atoms with E-state index in [4.69, 9.17) is 10.2 Å². The van der Waals surface area contributed by atoms with Gasteiger partial charge in [-0.05, 0) is 12.5 Å². The van der Waals surface area contributed by atoms with Crippen molar-refractivity contribution < 1.29 is 19.8 Å². The molecule has 0 radical (unpaired) electrons. The molecule has 0 unspecified atom stereocenters. The number of rotatable bonds is 4. The number of carboxylic acids is 2. The first-order chi connectivity index (χ1) is 8.44. The average molecular weight is 249 g/mol. The second-order valence-electron chi connectivity index (χ2n) is 4.82. The van der Waals surface area contributed by atoms with Crippen LogP contribution < -0.4 is 0 Å². The Labute approximate surface area is 105 Å². The van der Waals surface area contributed by atoms with E-state index in [1.54, 1.807) is 0 Å². The van der Waals surface area contributed by atoms with E-state index in [0.29, 0.717) is 6.54 Å². The Balaban J connectivity index is 1.98. The standard InChI is InChI=1S/C13H15NO4/c1-9-2-4-10(5-3-9)6-14-7-13(8-14,11(15)16)12(17)18/h2-5H,6-8H2,1H3,(H,15,16)(H,17,18). The number of nitrogens with zero attached hydrogens (tertiary/aromatic N) is 1. The summed E-state index contributed by atoms with van der Waals surface area (Å²) in [5, 5.41) is 17.9. The molecule has 1 saturated heterocycles. The molecule has 2 N–H and O–H groups in total. The summed E-state index contributed by atoms with van der Waals surface area (Å²) in [4.78, 5) is 23.8. The zero-order chi connectivity index (χ0) is 13.3. The first-order valence-corrected chi connectivity index (χ1v) is 5.69. The molecule has 1 aromatic carbocycles. The third-order valence-corrected chi connectivity index (χ3v) is 3.33. The lowest BCUT2D eigenvalue weighted by atomic mass is 9.79. The quantitative estimate of drug-likeness (QED) is 0.777. The minimum atomic E-state index is -1.62. The molecular formula is C13H15NO4. The summed E-state index contributed by atoms with van der Waals surface area (Å²) in [6.07, 6.45) is 0. The molecule has 0 aliphatic carbocycles. The Morgan fingerprint density at radius 3 is 2.11 bits per heavy atom. The normalized spacial score (nSPS) is 18.1. The minimum Gasteiger partial charge on any atom is -0.480 e. The Morgan fingerprint density at radius 2 is 1.67 bits per heavy atom. The first-order valence-electron chi connectivity index (χ1n) is 5.69. The van der Waals surface area contributed by atoms with Gasteiger partial charge in [0.2, 0.25) is 0 Å². The summed E-state index contributed by atoms with van der Waals surface area (Å²) < 4.78 is 0. The minimum absolute atomic E-state index is 0.0611. The second-order valence-corrected chi connectivity index (χ2v) is 4.82. The Kier molecular flexibility index (Phi) is 3.09. The largest absolute Gasteiger partial charge is 0.480 e. The summed E-state index contributed by atoms with van der Waals surface area (Å²) in [5.74, 6) is -2.51. The highest BCUT2D eigenvalue weighted by Crippen LogP contribution is 2.32. The van der Waals surface area contributed by atoms with Crippen molar-refractivity contribution in [2.24, 2.45) is 5.41 Å². The number of hydrogen-bond donors (Lipinski definition) is 2. The van der Waals surface area contributed by atoms with Crippen LogP contribution in [0.3, 0.4) is 0 Å². The molecule has 1 aromatic rings. The molecule has 0 bridgehead atoms. The van der Waals surface area contributed by atoms with E-state index >= 15 is 0 Å². The van der Waals surface area contributed by atoms with Crippen molar-refractivity contribution in [2.75, 3.05) is 13.1 Å². The monoisotopic (exact) mass is 249 g/mol. The number of hydrogen-bond acceptors (Lipinski definition) is 3. The maximum Gasteiger partial charge on any atom is 0.323 e. The van der Waals surface area contributed by atoms with Crippen molar-refractivity contribution in [1.29, 1.82) is 0 Å². The number of benzene rings is 1. The lowest BCUT2D eigenvalue weighted by Gasteiger charge is -2.44. The summed E-state index contributed by atoms with van der Waals surface area (Å²) in [6, 6.07) is 7.90. The number of likely N-dealkylation sites (tertiary alicyclic amines) is 1. The van der Waals surface area contributed by atoms with E-state index < -0.39 is 17.4 Å². The molecule has 0 atom stereocenters. The lowest BCUT2D eigenvalue weighted by Crippen LogP contribution is -2.63. The van der Waals surface area contributed by atoms with Crippen LogP contribution in [-0.4, -0.2) is 40.1 Å². The number of aliphatic carboxylic acids is 2. The SMILES string of the molecule is Cc1ccc(CN2CC(C(=O)O)(C(=O)O)C2)cc1. The zero-order valence-electron chi connectivity index (χ0n) is 10.1. The van der Waals surface area contributed by atoms with Crippen molar-refractivity contribution in [3.05, 3.63) is 35.4 Å². The molecule has 18 heavy (non-hydrogen) atoms. The van der Waals surface area contributed by atoms with E-state index in [1.807, 2.05) is 36.1 Å². The summed E-state index contributed by atoms with van der Waals surface area (Å²) >= 11 is 0. The van der Waals surface area contributed by atoms with Gasteiger partial charge in [0.05, 0.1) is 0 Å². The van der Waals surface area contributed by atoms with Crippen molar-refractivity contribution >= 4 is 11.9 Å². The van der Waals surface area contributed by atoms with Crippen molar-refractivity contribution in [3.8, 4) is 0 Å². The van der Waals surface area contributed by atoms with Crippen LogP contribution in [0.5, 0.6) is 0 Å². The highest BCUT2D eigenvalue weighted by atomic mass is 16.4. The number of aryl methyl sites for hydroxylation is 1. The molecule has 0 saturated carbocycles. The Morgan fingerprint density at radius 1 is 1.17 bits per heavy atom. The molecule has 2 rings (SSSR count). The molecule has 5 heteroatoms. The highest BCUT2D eigenvalue weighted by molar-refractivity contribution is 6.00. The average Bonchev–Trinajstić information content (AvgIpc) is 2.24. The van der Waals surface area contributed by atoms with Crippen molar-refractivity contribution in [3.63, 3.8) is 0 Å². The topological polar surface area (TPSA) is 77.8 Å². The van der Waals surface area contributed by atoms with Gasteiger partial charge in [-0.2, -0.15) is 0 Å². The fourth-order valence-electron chi connectivity index (χ4n) is 2.14. The zero-order valence-corrected chi connectivity index (χ0v) is 10.1. The predicted octanol–water partition coefficient (Wildman–Crippen LogP) is 0.966. The fraction of sp³-hybridized carbons (Fsp3) is 0.385. The molecule has 0 aromatic heterocycles. The third kappa shape index (κ3) is 2.09. The molecule has 0 spiro atoms. The van der Waals surface area contributed by atoms with Crippen LogP contribution in [0.1, 0.15) is 11.1 Å². The van der Waals surface area contributed by atoms with Gasteiger partial charge >= 0.3 is 11.9 Å². The summed E-state index contributed by atoms with van der Waals surface area (Å²) in [6.45, 7) is 2.70. The lowest BCUT2D eigenvalue weighted by molar-refractivity contribution is -0.178. The molecule has 0 amide bonds.